The Morgan fingerprint density at radius 2 is 2.24 bits per heavy atom. The van der Waals surface area contributed by atoms with Gasteiger partial charge in [-0.05, 0) is 17.7 Å². The van der Waals surface area contributed by atoms with Gasteiger partial charge in [-0.25, -0.2) is 4.39 Å². The molecule has 1 aromatic heterocycles. The second kappa shape index (κ2) is 3.38. The third kappa shape index (κ3) is 1.41. The van der Waals surface area contributed by atoms with Crippen molar-refractivity contribution in [3.05, 3.63) is 24.1 Å². The van der Waals surface area contributed by atoms with Gasteiger partial charge in [0.1, 0.15) is 5.82 Å². The summed E-state index contributed by atoms with van der Waals surface area (Å²) in [6.07, 6.45) is 1.59. The molecule has 0 fully saturated rings. The highest BCUT2D eigenvalue weighted by molar-refractivity contribution is 5.75. The molecule has 0 aliphatic carbocycles. The molecule has 5 nitrogen and oxygen atoms in total. The maximum atomic E-state index is 13.7. The Morgan fingerprint density at radius 1 is 1.41 bits per heavy atom. The smallest absolute Gasteiger partial charge is 0.231 e. The average Bonchev–Trinajstić information content (AvgIpc) is 2.88. The number of rotatable bonds is 1. The Hall–Kier alpha value is -2.24. The minimum Gasteiger partial charge on any atom is -0.453 e. The van der Waals surface area contributed by atoms with Gasteiger partial charge in [0.05, 0.1) is 6.20 Å². The van der Waals surface area contributed by atoms with Gasteiger partial charge in [0.2, 0.25) is 12.5 Å². The van der Waals surface area contributed by atoms with E-state index in [1.54, 1.807) is 19.3 Å². The van der Waals surface area contributed by atoms with E-state index in [0.717, 1.165) is 0 Å². The number of benzene rings is 1. The Bertz CT molecular complexity index is 595. The maximum Gasteiger partial charge on any atom is 0.231 e. The molecule has 2 heterocycles. The number of nitrogen functional groups attached to an aromatic ring is 1. The van der Waals surface area contributed by atoms with Crippen LogP contribution in [0.15, 0.2) is 18.3 Å². The largest absolute Gasteiger partial charge is 0.453 e. The van der Waals surface area contributed by atoms with Crippen LogP contribution in [0, 0.1) is 5.82 Å². The molecule has 0 amide bonds. The number of aryl methyl sites for hydroxylation is 1. The molecule has 0 saturated heterocycles. The lowest BCUT2D eigenvalue weighted by molar-refractivity contribution is 0.171. The third-order valence-electron chi connectivity index (χ3n) is 2.72. The molecule has 0 radical (unpaired) electrons. The Morgan fingerprint density at radius 3 is 2.94 bits per heavy atom. The molecule has 1 aromatic carbocycles. The first kappa shape index (κ1) is 9.95. The van der Waals surface area contributed by atoms with Gasteiger partial charge >= 0.3 is 0 Å². The van der Waals surface area contributed by atoms with Crippen molar-refractivity contribution in [2.24, 2.45) is 7.05 Å². The van der Waals surface area contributed by atoms with Gasteiger partial charge in [0.25, 0.3) is 0 Å². The number of halogens is 1. The summed E-state index contributed by atoms with van der Waals surface area (Å²) in [5.74, 6) is 0.556. The molecule has 0 atom stereocenters. The number of fused-ring (bicyclic) bond motifs is 1. The highest BCUT2D eigenvalue weighted by Gasteiger charge is 2.21. The van der Waals surface area contributed by atoms with E-state index in [1.807, 2.05) is 0 Å². The first-order valence-electron chi connectivity index (χ1n) is 5.04. The van der Waals surface area contributed by atoms with Gasteiger partial charge in [-0.1, -0.05) is 0 Å². The van der Waals surface area contributed by atoms with Crippen LogP contribution in [0.25, 0.3) is 11.1 Å². The summed E-state index contributed by atoms with van der Waals surface area (Å²) in [6.45, 7) is 0.0399. The zero-order valence-corrected chi connectivity index (χ0v) is 9.11. The lowest BCUT2D eigenvalue weighted by Gasteiger charge is -2.03. The number of aromatic nitrogens is 2. The molecule has 0 unspecified atom stereocenters. The fraction of sp³-hybridized carbons (Fsp3) is 0.182. The molecule has 3 rings (SSSR count). The predicted octanol–water partition coefficient (Wildman–Crippen LogP) is 1.54. The average molecular weight is 235 g/mol. The summed E-state index contributed by atoms with van der Waals surface area (Å²) in [5, 5.41) is 4.01. The van der Waals surface area contributed by atoms with Crippen LogP contribution in [0.5, 0.6) is 11.5 Å². The number of hydrogen-bond donors (Lipinski definition) is 1. The van der Waals surface area contributed by atoms with E-state index in [4.69, 9.17) is 15.2 Å². The first-order chi connectivity index (χ1) is 8.16. The standard InChI is InChI=1S/C11H10FN3O2/c1-15-11(13)7(4-14-15)6-2-8(12)10-9(3-6)16-5-17-10/h2-4H,5,13H2,1H3. The van der Waals surface area contributed by atoms with E-state index in [9.17, 15) is 4.39 Å². The summed E-state index contributed by atoms with van der Waals surface area (Å²) >= 11 is 0. The van der Waals surface area contributed by atoms with Crippen molar-refractivity contribution in [3.8, 4) is 22.6 Å². The van der Waals surface area contributed by atoms with Crippen LogP contribution in [-0.2, 0) is 7.05 Å². The van der Waals surface area contributed by atoms with Gasteiger partial charge < -0.3 is 15.2 Å². The molecule has 0 saturated carbocycles. The molecular weight excluding hydrogens is 225 g/mol. The van der Waals surface area contributed by atoms with E-state index < -0.39 is 5.82 Å². The lowest BCUT2D eigenvalue weighted by Crippen LogP contribution is -1.98. The second-order valence-corrected chi connectivity index (χ2v) is 3.76. The Kier molecular flexibility index (Phi) is 1.98. The molecule has 0 bridgehead atoms. The van der Waals surface area contributed by atoms with E-state index in [-0.39, 0.29) is 12.5 Å². The van der Waals surface area contributed by atoms with Crippen LogP contribution >= 0.6 is 0 Å². The monoisotopic (exact) mass is 235 g/mol. The van der Waals surface area contributed by atoms with Crippen molar-refractivity contribution >= 4 is 5.82 Å². The third-order valence-corrected chi connectivity index (χ3v) is 2.72. The summed E-state index contributed by atoms with van der Waals surface area (Å²) in [4.78, 5) is 0. The summed E-state index contributed by atoms with van der Waals surface area (Å²) < 4.78 is 25.4. The van der Waals surface area contributed by atoms with Crippen LogP contribution in [0.4, 0.5) is 10.2 Å². The van der Waals surface area contributed by atoms with Crippen LogP contribution in [0.3, 0.4) is 0 Å². The minimum absolute atomic E-state index is 0.0399. The van der Waals surface area contributed by atoms with Crippen molar-refractivity contribution in [2.75, 3.05) is 12.5 Å². The van der Waals surface area contributed by atoms with Crippen LogP contribution in [0.2, 0.25) is 0 Å². The van der Waals surface area contributed by atoms with Gasteiger partial charge in [-0.2, -0.15) is 5.10 Å². The van der Waals surface area contributed by atoms with Crippen molar-refractivity contribution in [2.45, 2.75) is 0 Å². The van der Waals surface area contributed by atoms with E-state index >= 15 is 0 Å². The molecule has 88 valence electrons. The fourth-order valence-corrected chi connectivity index (χ4v) is 1.79. The van der Waals surface area contributed by atoms with Gasteiger partial charge in [-0.15, -0.1) is 0 Å². The lowest BCUT2D eigenvalue weighted by atomic mass is 10.1. The Labute approximate surface area is 96.6 Å². The normalized spacial score (nSPS) is 13.1. The van der Waals surface area contributed by atoms with E-state index in [0.29, 0.717) is 22.7 Å². The van der Waals surface area contributed by atoms with Gasteiger partial charge in [0.15, 0.2) is 11.6 Å². The topological polar surface area (TPSA) is 62.3 Å². The van der Waals surface area contributed by atoms with Crippen LogP contribution in [0.1, 0.15) is 0 Å². The quantitative estimate of drug-likeness (QED) is 0.814. The van der Waals surface area contributed by atoms with Crippen LogP contribution < -0.4 is 15.2 Å². The van der Waals surface area contributed by atoms with Crippen molar-refractivity contribution in [1.29, 1.82) is 0 Å². The Balaban J connectivity index is 2.16. The van der Waals surface area contributed by atoms with Crippen molar-refractivity contribution in [3.63, 3.8) is 0 Å². The molecule has 2 aromatic rings. The number of nitrogens with zero attached hydrogens (tertiary/aromatic N) is 2. The highest BCUT2D eigenvalue weighted by Crippen LogP contribution is 2.39. The van der Waals surface area contributed by atoms with Gasteiger partial charge in [0, 0.05) is 12.6 Å². The molecule has 1 aliphatic heterocycles. The fourth-order valence-electron chi connectivity index (χ4n) is 1.79. The molecule has 2 N–H and O–H groups in total. The predicted molar refractivity (Wildman–Crippen MR) is 59.1 cm³/mol. The second-order valence-electron chi connectivity index (χ2n) is 3.76. The zero-order chi connectivity index (χ0) is 12.0. The summed E-state index contributed by atoms with van der Waals surface area (Å²) in [6, 6.07) is 3.06. The zero-order valence-electron chi connectivity index (χ0n) is 9.11. The van der Waals surface area contributed by atoms with E-state index in [1.165, 1.54) is 10.7 Å². The number of anilines is 1. The van der Waals surface area contributed by atoms with Crippen molar-refractivity contribution in [1.82, 2.24) is 9.78 Å². The molecule has 1 aliphatic rings. The molecule has 17 heavy (non-hydrogen) atoms. The number of ether oxygens (including phenoxy) is 2. The molecule has 0 spiro atoms. The summed E-state index contributed by atoms with van der Waals surface area (Å²) in [5.41, 5.74) is 7.13. The number of hydrogen-bond acceptors (Lipinski definition) is 4. The summed E-state index contributed by atoms with van der Waals surface area (Å²) in [7, 11) is 1.72. The van der Waals surface area contributed by atoms with Crippen LogP contribution in [-0.4, -0.2) is 16.6 Å². The van der Waals surface area contributed by atoms with Crippen molar-refractivity contribution < 1.29 is 13.9 Å². The molecule has 6 heteroatoms. The molecular formula is C11H10FN3O2. The minimum atomic E-state index is -0.460. The number of nitrogens with two attached hydrogens (primary N) is 1. The van der Waals surface area contributed by atoms with Gasteiger partial charge in [-0.3, -0.25) is 4.68 Å². The maximum absolute atomic E-state index is 13.7. The van der Waals surface area contributed by atoms with E-state index in [2.05, 4.69) is 5.10 Å². The highest BCUT2D eigenvalue weighted by atomic mass is 19.1. The SMILES string of the molecule is Cn1ncc(-c2cc(F)c3c(c2)OCO3)c1N. The first-order valence-corrected chi connectivity index (χ1v) is 5.04.